The maximum Gasteiger partial charge on any atom is 0.308 e. The normalized spacial score (nSPS) is 11.5. The Morgan fingerprint density at radius 2 is 1.95 bits per heavy atom. The first-order valence-corrected chi connectivity index (χ1v) is 12.4. The molecule has 0 saturated carbocycles. The monoisotopic (exact) mass is 579 g/mol. The van der Waals surface area contributed by atoms with E-state index in [1.54, 1.807) is 31.2 Å². The molecular weight excluding hydrogens is 562 g/mol. The van der Waals surface area contributed by atoms with E-state index in [0.29, 0.717) is 38.9 Å². The number of carbonyl (C=O) groups excluding carboxylic acids is 1. The van der Waals surface area contributed by atoms with Gasteiger partial charge in [0.05, 0.1) is 23.7 Å². The van der Waals surface area contributed by atoms with Crippen molar-refractivity contribution in [3.05, 3.63) is 86.1 Å². The fraction of sp³-hybridized carbons (Fsp3) is 0.111. The van der Waals surface area contributed by atoms with Crippen LogP contribution in [-0.2, 0) is 4.79 Å². The zero-order valence-electron chi connectivity index (χ0n) is 19.7. The Kier molecular flexibility index (Phi) is 6.82. The van der Waals surface area contributed by atoms with Gasteiger partial charge < -0.3 is 13.9 Å². The van der Waals surface area contributed by atoms with Crippen LogP contribution in [0.3, 0.4) is 0 Å². The highest BCUT2D eigenvalue weighted by Crippen LogP contribution is 2.42. The molecule has 0 unspecified atom stereocenters. The van der Waals surface area contributed by atoms with Crippen molar-refractivity contribution < 1.29 is 18.7 Å². The van der Waals surface area contributed by atoms with Gasteiger partial charge in [-0.05, 0) is 53.2 Å². The van der Waals surface area contributed by atoms with Crippen LogP contribution in [0.15, 0.2) is 79.4 Å². The minimum absolute atomic E-state index is 0.0903. The number of hydrogen-bond donors (Lipinski definition) is 0. The van der Waals surface area contributed by atoms with E-state index < -0.39 is 5.97 Å². The molecule has 186 valence electrons. The molecule has 0 fully saturated rings. The van der Waals surface area contributed by atoms with Crippen LogP contribution >= 0.6 is 27.5 Å². The smallest absolute Gasteiger partial charge is 0.308 e. The number of carbonyl (C=O) groups is 1. The third-order valence-electron chi connectivity index (χ3n) is 5.41. The van der Waals surface area contributed by atoms with Crippen LogP contribution in [0.4, 0.5) is 0 Å². The number of para-hydroxylation sites is 2. The topological polar surface area (TPSA) is 95.9 Å². The molecule has 0 radical (unpaired) electrons. The van der Waals surface area contributed by atoms with Gasteiger partial charge in [-0.15, -0.1) is 0 Å². The van der Waals surface area contributed by atoms with Gasteiger partial charge in [-0.2, -0.15) is 9.78 Å². The molecular formula is C27H19BrClN3O5. The van der Waals surface area contributed by atoms with Gasteiger partial charge in [0.25, 0.3) is 5.56 Å². The van der Waals surface area contributed by atoms with Crippen molar-refractivity contribution in [2.24, 2.45) is 5.10 Å². The molecule has 2 aromatic heterocycles. The Labute approximate surface area is 224 Å². The maximum atomic E-state index is 13.5. The summed E-state index contributed by atoms with van der Waals surface area (Å²) in [6, 6.07) is 18.0. The fourth-order valence-corrected chi connectivity index (χ4v) is 4.44. The molecule has 8 nitrogen and oxygen atoms in total. The van der Waals surface area contributed by atoms with Crippen molar-refractivity contribution in [3.63, 3.8) is 0 Å². The molecule has 5 rings (SSSR count). The number of halogens is 2. The van der Waals surface area contributed by atoms with Crippen LogP contribution in [0.25, 0.3) is 33.5 Å². The van der Waals surface area contributed by atoms with Crippen molar-refractivity contribution in [2.75, 3.05) is 6.61 Å². The quantitative estimate of drug-likeness (QED) is 0.130. The SMILES string of the molecule is CCOc1cc(C=Nn2c(-c3cc4ccccc4o3)nc3ccccc3c2=O)c(Br)c(Cl)c1OC(C)=O. The minimum atomic E-state index is -0.541. The third-order valence-corrected chi connectivity index (χ3v) is 6.86. The predicted molar refractivity (Wildman–Crippen MR) is 146 cm³/mol. The summed E-state index contributed by atoms with van der Waals surface area (Å²) in [5, 5.41) is 5.87. The summed E-state index contributed by atoms with van der Waals surface area (Å²) < 4.78 is 18.5. The average Bonchev–Trinajstić information content (AvgIpc) is 3.32. The minimum Gasteiger partial charge on any atom is -0.490 e. The average molecular weight is 581 g/mol. The summed E-state index contributed by atoms with van der Waals surface area (Å²) in [5.74, 6) is 0.431. The first-order valence-electron chi connectivity index (χ1n) is 11.3. The van der Waals surface area contributed by atoms with Gasteiger partial charge >= 0.3 is 5.97 Å². The van der Waals surface area contributed by atoms with E-state index in [2.05, 4.69) is 26.0 Å². The second-order valence-electron chi connectivity index (χ2n) is 7.91. The largest absolute Gasteiger partial charge is 0.490 e. The molecule has 0 saturated heterocycles. The van der Waals surface area contributed by atoms with Gasteiger partial charge in [0, 0.05) is 22.3 Å². The van der Waals surface area contributed by atoms with E-state index in [0.717, 1.165) is 5.39 Å². The van der Waals surface area contributed by atoms with E-state index in [1.807, 2.05) is 36.4 Å². The molecule has 10 heteroatoms. The Hall–Kier alpha value is -3.95. The molecule has 37 heavy (non-hydrogen) atoms. The highest BCUT2D eigenvalue weighted by atomic mass is 79.9. The van der Waals surface area contributed by atoms with Crippen molar-refractivity contribution >= 4 is 61.6 Å². The highest BCUT2D eigenvalue weighted by molar-refractivity contribution is 9.10. The van der Waals surface area contributed by atoms with E-state index >= 15 is 0 Å². The molecule has 0 spiro atoms. The lowest BCUT2D eigenvalue weighted by Crippen LogP contribution is -2.20. The van der Waals surface area contributed by atoms with Gasteiger partial charge in [0.2, 0.25) is 5.82 Å². The highest BCUT2D eigenvalue weighted by Gasteiger charge is 2.20. The summed E-state index contributed by atoms with van der Waals surface area (Å²) in [6.07, 6.45) is 1.44. The number of benzene rings is 3. The van der Waals surface area contributed by atoms with E-state index in [9.17, 15) is 9.59 Å². The van der Waals surface area contributed by atoms with Crippen LogP contribution in [0, 0.1) is 0 Å². The molecule has 0 atom stereocenters. The molecule has 2 heterocycles. The second kappa shape index (κ2) is 10.2. The first-order chi connectivity index (χ1) is 17.9. The van der Waals surface area contributed by atoms with Crippen LogP contribution in [0.1, 0.15) is 19.4 Å². The van der Waals surface area contributed by atoms with Gasteiger partial charge in [0.15, 0.2) is 17.3 Å². The van der Waals surface area contributed by atoms with Crippen LogP contribution < -0.4 is 15.0 Å². The molecule has 0 amide bonds. The number of nitrogens with zero attached hydrogens (tertiary/aromatic N) is 3. The molecule has 5 aromatic rings. The fourth-order valence-electron chi connectivity index (χ4n) is 3.80. The second-order valence-corrected chi connectivity index (χ2v) is 9.08. The van der Waals surface area contributed by atoms with E-state index in [1.165, 1.54) is 17.8 Å². The zero-order chi connectivity index (χ0) is 26.1. The summed E-state index contributed by atoms with van der Waals surface area (Å²) in [6.45, 7) is 3.38. The molecule has 0 aliphatic heterocycles. The first kappa shape index (κ1) is 24.7. The Morgan fingerprint density at radius 1 is 1.19 bits per heavy atom. The number of furan rings is 1. The lowest BCUT2D eigenvalue weighted by atomic mass is 10.2. The summed E-state index contributed by atoms with van der Waals surface area (Å²) in [7, 11) is 0. The van der Waals surface area contributed by atoms with Gasteiger partial charge in [-0.1, -0.05) is 41.9 Å². The van der Waals surface area contributed by atoms with Crippen molar-refractivity contribution in [1.29, 1.82) is 0 Å². The molecule has 3 aromatic carbocycles. The number of hydrogen-bond acceptors (Lipinski definition) is 7. The molecule has 0 bridgehead atoms. The van der Waals surface area contributed by atoms with Gasteiger partial charge in [0.1, 0.15) is 10.6 Å². The third kappa shape index (κ3) is 4.75. The predicted octanol–water partition coefficient (Wildman–Crippen LogP) is 6.43. The van der Waals surface area contributed by atoms with Crippen LogP contribution in [-0.4, -0.2) is 28.5 Å². The summed E-state index contributed by atoms with van der Waals surface area (Å²) in [5.41, 5.74) is 1.29. The number of fused-ring (bicyclic) bond motifs is 2. The number of ether oxygens (including phenoxy) is 2. The lowest BCUT2D eigenvalue weighted by molar-refractivity contribution is -0.132. The Morgan fingerprint density at radius 3 is 2.70 bits per heavy atom. The summed E-state index contributed by atoms with van der Waals surface area (Å²) >= 11 is 9.92. The number of rotatable bonds is 6. The van der Waals surface area contributed by atoms with Crippen LogP contribution in [0.5, 0.6) is 11.5 Å². The van der Waals surface area contributed by atoms with E-state index in [-0.39, 0.29) is 27.9 Å². The van der Waals surface area contributed by atoms with Crippen molar-refractivity contribution in [1.82, 2.24) is 9.66 Å². The number of aromatic nitrogens is 2. The Bertz CT molecular complexity index is 1730. The lowest BCUT2D eigenvalue weighted by Gasteiger charge is -2.14. The molecule has 0 N–H and O–H groups in total. The van der Waals surface area contributed by atoms with Crippen LogP contribution in [0.2, 0.25) is 5.02 Å². The summed E-state index contributed by atoms with van der Waals surface area (Å²) in [4.78, 5) is 29.8. The molecule has 0 aliphatic rings. The number of esters is 1. The van der Waals surface area contributed by atoms with Gasteiger partial charge in [-0.25, -0.2) is 4.98 Å². The van der Waals surface area contributed by atoms with E-state index in [4.69, 9.17) is 25.5 Å². The maximum absolute atomic E-state index is 13.5. The zero-order valence-corrected chi connectivity index (χ0v) is 22.0. The van der Waals surface area contributed by atoms with Crippen molar-refractivity contribution in [2.45, 2.75) is 13.8 Å². The Balaban J connectivity index is 1.69. The standard InChI is InChI=1S/C27H19BrClN3O5/c1-3-35-21-13-17(23(28)24(29)25(21)36-15(2)33)14-30-32-26(22-12-16-8-4-7-11-20(16)37-22)31-19-10-6-5-9-18(19)27(32)34/h4-14H,3H2,1-2H3. The van der Waals surface area contributed by atoms with Crippen molar-refractivity contribution in [3.8, 4) is 23.1 Å². The molecule has 0 aliphatic carbocycles. The van der Waals surface area contributed by atoms with Gasteiger partial charge in [-0.3, -0.25) is 9.59 Å².